The summed E-state index contributed by atoms with van der Waals surface area (Å²) in [6, 6.07) is 14.1. The largest absolute Gasteiger partial charge is 0.310 e. The average molecular weight is 300 g/mol. The predicted molar refractivity (Wildman–Crippen MR) is 89.4 cm³/mol. The maximum atomic E-state index is 9.62. The lowest BCUT2D eigenvalue weighted by Gasteiger charge is -2.45. The Balaban J connectivity index is 1.59. The molecule has 112 valence electrons. The first kappa shape index (κ1) is 14.9. The fourth-order valence-corrected chi connectivity index (χ4v) is 5.09. The normalized spacial score (nSPS) is 35.1. The first-order valence-corrected chi connectivity index (χ1v) is 9.17. The standard InChI is InChI=1S/C18H24N2S/c1-2-21-17-10-6-9-16(17)20-15-11-18(12-15,13-19)14-7-4-3-5-8-14/h3-5,7-8,15-17,20H,2,6,9-12H2,1H3. The number of nitrogens with one attached hydrogen (secondary N) is 1. The van der Waals surface area contributed by atoms with Crippen LogP contribution in [0.3, 0.4) is 0 Å². The second-order valence-electron chi connectivity index (χ2n) is 6.36. The number of benzene rings is 1. The summed E-state index contributed by atoms with van der Waals surface area (Å²) in [6.45, 7) is 2.25. The lowest BCUT2D eigenvalue weighted by molar-refractivity contribution is 0.210. The van der Waals surface area contributed by atoms with Crippen molar-refractivity contribution < 1.29 is 0 Å². The van der Waals surface area contributed by atoms with Gasteiger partial charge in [-0.2, -0.15) is 17.0 Å². The van der Waals surface area contributed by atoms with Crippen LogP contribution in [0.2, 0.25) is 0 Å². The van der Waals surface area contributed by atoms with Crippen LogP contribution in [-0.2, 0) is 5.41 Å². The van der Waals surface area contributed by atoms with Gasteiger partial charge >= 0.3 is 0 Å². The number of hydrogen-bond acceptors (Lipinski definition) is 3. The van der Waals surface area contributed by atoms with Crippen molar-refractivity contribution in [2.24, 2.45) is 0 Å². The molecule has 0 saturated heterocycles. The summed E-state index contributed by atoms with van der Waals surface area (Å²) < 4.78 is 0. The van der Waals surface area contributed by atoms with Crippen molar-refractivity contribution in [3.8, 4) is 6.07 Å². The predicted octanol–water partition coefficient (Wildman–Crippen LogP) is 3.87. The van der Waals surface area contributed by atoms with E-state index in [2.05, 4.69) is 42.2 Å². The Morgan fingerprint density at radius 2 is 2.05 bits per heavy atom. The Hall–Kier alpha value is -0.980. The Bertz CT molecular complexity index is 502. The van der Waals surface area contributed by atoms with Gasteiger partial charge < -0.3 is 5.32 Å². The molecule has 0 radical (unpaired) electrons. The van der Waals surface area contributed by atoms with E-state index in [-0.39, 0.29) is 5.41 Å². The van der Waals surface area contributed by atoms with Crippen LogP contribution in [0.4, 0.5) is 0 Å². The monoisotopic (exact) mass is 300 g/mol. The third-order valence-electron chi connectivity index (χ3n) is 5.01. The van der Waals surface area contributed by atoms with E-state index in [1.807, 2.05) is 18.2 Å². The lowest BCUT2D eigenvalue weighted by Crippen LogP contribution is -2.54. The summed E-state index contributed by atoms with van der Waals surface area (Å²) in [4.78, 5) is 0. The van der Waals surface area contributed by atoms with Gasteiger partial charge in [0.25, 0.3) is 0 Å². The Morgan fingerprint density at radius 1 is 1.29 bits per heavy atom. The molecule has 3 heteroatoms. The van der Waals surface area contributed by atoms with Crippen LogP contribution in [0.5, 0.6) is 0 Å². The highest BCUT2D eigenvalue weighted by Crippen LogP contribution is 2.44. The van der Waals surface area contributed by atoms with E-state index >= 15 is 0 Å². The minimum Gasteiger partial charge on any atom is -0.310 e. The molecule has 2 aliphatic rings. The number of thioether (sulfide) groups is 1. The van der Waals surface area contributed by atoms with Crippen LogP contribution in [0.25, 0.3) is 0 Å². The van der Waals surface area contributed by atoms with Crippen LogP contribution in [0, 0.1) is 11.3 Å². The summed E-state index contributed by atoms with van der Waals surface area (Å²) in [5.41, 5.74) is 0.946. The number of nitrogens with zero attached hydrogens (tertiary/aromatic N) is 1. The van der Waals surface area contributed by atoms with Crippen LogP contribution < -0.4 is 5.32 Å². The summed E-state index contributed by atoms with van der Waals surface area (Å²) in [7, 11) is 0. The van der Waals surface area contributed by atoms with E-state index in [9.17, 15) is 5.26 Å². The second kappa shape index (κ2) is 6.42. The van der Waals surface area contributed by atoms with E-state index in [0.29, 0.717) is 12.1 Å². The second-order valence-corrected chi connectivity index (χ2v) is 7.88. The van der Waals surface area contributed by atoms with E-state index in [4.69, 9.17) is 0 Å². The number of rotatable bonds is 5. The third kappa shape index (κ3) is 2.98. The molecule has 2 fully saturated rings. The smallest absolute Gasteiger partial charge is 0.0852 e. The zero-order valence-electron chi connectivity index (χ0n) is 12.7. The summed E-state index contributed by atoms with van der Waals surface area (Å²) in [5, 5.41) is 14.2. The fourth-order valence-electron chi connectivity index (χ4n) is 3.88. The highest BCUT2D eigenvalue weighted by molar-refractivity contribution is 7.99. The zero-order chi connectivity index (χ0) is 14.7. The van der Waals surface area contributed by atoms with Crippen LogP contribution in [0.15, 0.2) is 30.3 Å². The Morgan fingerprint density at radius 3 is 2.71 bits per heavy atom. The van der Waals surface area contributed by atoms with Gasteiger partial charge in [0.05, 0.1) is 11.5 Å². The summed E-state index contributed by atoms with van der Waals surface area (Å²) in [6.07, 6.45) is 5.94. The van der Waals surface area contributed by atoms with Crippen LogP contribution in [-0.4, -0.2) is 23.1 Å². The molecular weight excluding hydrogens is 276 g/mol. The maximum Gasteiger partial charge on any atom is 0.0852 e. The van der Waals surface area contributed by atoms with Crippen molar-refractivity contribution in [3.63, 3.8) is 0 Å². The quantitative estimate of drug-likeness (QED) is 0.896. The molecular formula is C18H24N2S. The zero-order valence-corrected chi connectivity index (χ0v) is 13.5. The molecule has 2 saturated carbocycles. The van der Waals surface area contributed by atoms with Crippen molar-refractivity contribution in [1.29, 1.82) is 5.26 Å². The van der Waals surface area contributed by atoms with E-state index in [1.54, 1.807) is 0 Å². The molecule has 0 aromatic heterocycles. The summed E-state index contributed by atoms with van der Waals surface area (Å²) in [5.74, 6) is 1.21. The molecule has 0 amide bonds. The van der Waals surface area contributed by atoms with Crippen molar-refractivity contribution in [1.82, 2.24) is 5.32 Å². The molecule has 2 atom stereocenters. The van der Waals surface area contributed by atoms with Crippen molar-refractivity contribution in [3.05, 3.63) is 35.9 Å². The van der Waals surface area contributed by atoms with Crippen molar-refractivity contribution in [2.45, 2.75) is 61.8 Å². The first-order chi connectivity index (χ1) is 10.3. The molecule has 21 heavy (non-hydrogen) atoms. The molecule has 0 heterocycles. The minimum atomic E-state index is -0.245. The highest BCUT2D eigenvalue weighted by atomic mass is 32.2. The molecule has 3 rings (SSSR count). The molecule has 1 aromatic carbocycles. The SMILES string of the molecule is CCSC1CCCC1NC1CC(C#N)(c2ccccc2)C1. The molecule has 1 aromatic rings. The number of nitriles is 1. The fraction of sp³-hybridized carbons (Fsp3) is 0.611. The molecule has 2 aliphatic carbocycles. The highest BCUT2D eigenvalue weighted by Gasteiger charge is 2.47. The Labute approximate surface area is 132 Å². The van der Waals surface area contributed by atoms with Gasteiger partial charge in [-0.25, -0.2) is 0 Å². The maximum absolute atomic E-state index is 9.62. The van der Waals surface area contributed by atoms with E-state index < -0.39 is 0 Å². The molecule has 2 unspecified atom stereocenters. The van der Waals surface area contributed by atoms with Gasteiger partial charge in [0.1, 0.15) is 0 Å². The van der Waals surface area contributed by atoms with Gasteiger partial charge in [0, 0.05) is 17.3 Å². The summed E-state index contributed by atoms with van der Waals surface area (Å²) >= 11 is 2.10. The van der Waals surface area contributed by atoms with Crippen molar-refractivity contribution >= 4 is 11.8 Å². The van der Waals surface area contributed by atoms with Gasteiger partial charge in [-0.1, -0.05) is 43.7 Å². The molecule has 1 N–H and O–H groups in total. The minimum absolute atomic E-state index is 0.245. The topological polar surface area (TPSA) is 35.8 Å². The van der Waals surface area contributed by atoms with Crippen LogP contribution >= 0.6 is 11.8 Å². The number of hydrogen-bond donors (Lipinski definition) is 1. The van der Waals surface area contributed by atoms with Gasteiger partial charge in [-0.05, 0) is 37.0 Å². The Kier molecular flexibility index (Phi) is 4.57. The van der Waals surface area contributed by atoms with Gasteiger partial charge in [0.15, 0.2) is 0 Å². The molecule has 0 bridgehead atoms. The van der Waals surface area contributed by atoms with Gasteiger partial charge in [-0.15, -0.1) is 0 Å². The van der Waals surface area contributed by atoms with Crippen LogP contribution in [0.1, 0.15) is 44.6 Å². The van der Waals surface area contributed by atoms with Crippen molar-refractivity contribution in [2.75, 3.05) is 5.75 Å². The van der Waals surface area contributed by atoms with Gasteiger partial charge in [0.2, 0.25) is 0 Å². The molecule has 0 spiro atoms. The van der Waals surface area contributed by atoms with E-state index in [1.165, 1.54) is 30.6 Å². The first-order valence-electron chi connectivity index (χ1n) is 8.12. The van der Waals surface area contributed by atoms with Gasteiger partial charge in [-0.3, -0.25) is 0 Å². The lowest BCUT2D eigenvalue weighted by atomic mass is 9.62. The molecule has 0 aliphatic heterocycles. The van der Waals surface area contributed by atoms with E-state index in [0.717, 1.165) is 18.1 Å². The molecule has 2 nitrogen and oxygen atoms in total. The third-order valence-corrected chi connectivity index (χ3v) is 6.34. The average Bonchev–Trinajstić information content (AvgIpc) is 2.91.